The van der Waals surface area contributed by atoms with Crippen molar-refractivity contribution >= 4 is 16.9 Å². The predicted molar refractivity (Wildman–Crippen MR) is 114 cm³/mol. The number of halogens is 1. The van der Waals surface area contributed by atoms with Crippen LogP contribution in [0.5, 0.6) is 5.88 Å². The number of nitrogens with zero attached hydrogens (tertiary/aromatic N) is 3. The summed E-state index contributed by atoms with van der Waals surface area (Å²) in [6, 6.07) is 3.91. The molecule has 1 aliphatic carbocycles. The van der Waals surface area contributed by atoms with E-state index in [4.69, 9.17) is 4.74 Å². The molecule has 1 aromatic carbocycles. The Hall–Kier alpha value is -2.55. The lowest BCUT2D eigenvalue weighted by molar-refractivity contribution is -0.152. The van der Waals surface area contributed by atoms with Gasteiger partial charge in [-0.15, -0.1) is 16.4 Å². The topological polar surface area (TPSA) is 80.4 Å². The molecule has 1 fully saturated rings. The van der Waals surface area contributed by atoms with Crippen molar-refractivity contribution in [2.75, 3.05) is 0 Å². The standard InChI is InChI=1S/C22H24FN3O3S/c1-5-26-11-17(21(25-26)29-15-7-8-15)12(2)20-19(24-13(3)30-20)16-9-6-14(23)10-18(16)22(4,27)28/h6,9-11,15,27-28H,2,5,7-8H2,1,3-4H3. The molecule has 8 heteroatoms. The fourth-order valence-corrected chi connectivity index (χ4v) is 4.17. The quantitative estimate of drug-likeness (QED) is 0.550. The molecule has 30 heavy (non-hydrogen) atoms. The Morgan fingerprint density at radius 2 is 2.13 bits per heavy atom. The maximum Gasteiger partial charge on any atom is 0.241 e. The van der Waals surface area contributed by atoms with Crippen molar-refractivity contribution in [3.63, 3.8) is 0 Å². The van der Waals surface area contributed by atoms with E-state index in [1.807, 2.05) is 20.0 Å². The van der Waals surface area contributed by atoms with Gasteiger partial charge in [0.25, 0.3) is 0 Å². The summed E-state index contributed by atoms with van der Waals surface area (Å²) in [6.45, 7) is 10.0. The van der Waals surface area contributed by atoms with Crippen molar-refractivity contribution in [3.05, 3.63) is 57.8 Å². The molecule has 0 spiro atoms. The molecule has 0 saturated heterocycles. The Bertz CT molecular complexity index is 1110. The summed E-state index contributed by atoms with van der Waals surface area (Å²) in [5.74, 6) is -2.24. The van der Waals surface area contributed by atoms with E-state index in [2.05, 4.69) is 16.7 Å². The van der Waals surface area contributed by atoms with Crippen LogP contribution in [0, 0.1) is 12.7 Å². The number of benzene rings is 1. The second-order valence-corrected chi connectivity index (χ2v) is 8.82. The molecule has 1 aliphatic rings. The van der Waals surface area contributed by atoms with E-state index in [9.17, 15) is 14.6 Å². The molecule has 1 saturated carbocycles. The average molecular weight is 430 g/mol. The SMILES string of the molecule is C=C(c1cn(CC)nc1OC1CC1)c1sc(C)nc1-c1ccc(F)cc1C(C)(O)O. The summed E-state index contributed by atoms with van der Waals surface area (Å²) in [6.07, 6.45) is 4.11. The minimum atomic E-state index is -2.22. The summed E-state index contributed by atoms with van der Waals surface area (Å²) < 4.78 is 21.6. The molecule has 0 unspecified atom stereocenters. The summed E-state index contributed by atoms with van der Waals surface area (Å²) in [5.41, 5.74) is 2.46. The molecule has 2 N–H and O–H groups in total. The normalized spacial score (nSPS) is 14.2. The zero-order chi connectivity index (χ0) is 21.6. The summed E-state index contributed by atoms with van der Waals surface area (Å²) in [4.78, 5) is 5.36. The summed E-state index contributed by atoms with van der Waals surface area (Å²) in [5, 5.41) is 25.7. The van der Waals surface area contributed by atoms with Gasteiger partial charge in [-0.25, -0.2) is 9.37 Å². The number of aliphatic hydroxyl groups is 2. The van der Waals surface area contributed by atoms with Gasteiger partial charge in [-0.2, -0.15) is 0 Å². The number of aromatic nitrogens is 3. The molecule has 3 aromatic rings. The minimum absolute atomic E-state index is 0.0422. The largest absolute Gasteiger partial charge is 0.473 e. The van der Waals surface area contributed by atoms with Crippen LogP contribution >= 0.6 is 11.3 Å². The lowest BCUT2D eigenvalue weighted by Crippen LogP contribution is -2.21. The second kappa shape index (κ2) is 7.61. The Morgan fingerprint density at radius 1 is 1.40 bits per heavy atom. The van der Waals surface area contributed by atoms with Gasteiger partial charge in [0.2, 0.25) is 5.88 Å². The van der Waals surface area contributed by atoms with Crippen molar-refractivity contribution in [2.24, 2.45) is 0 Å². The van der Waals surface area contributed by atoms with Crippen LogP contribution in [0.15, 0.2) is 31.0 Å². The van der Waals surface area contributed by atoms with Gasteiger partial charge in [0.05, 0.1) is 21.1 Å². The average Bonchev–Trinajstić information content (AvgIpc) is 3.27. The zero-order valence-corrected chi connectivity index (χ0v) is 18.0. The first kappa shape index (κ1) is 20.7. The molecule has 0 bridgehead atoms. The molecule has 0 amide bonds. The Kier molecular flexibility index (Phi) is 5.25. The molecule has 2 heterocycles. The van der Waals surface area contributed by atoms with E-state index in [0.717, 1.165) is 34.4 Å². The van der Waals surface area contributed by atoms with Gasteiger partial charge in [-0.05, 0) is 51.8 Å². The highest BCUT2D eigenvalue weighted by atomic mass is 32.1. The van der Waals surface area contributed by atoms with Crippen LogP contribution in [-0.2, 0) is 12.3 Å². The van der Waals surface area contributed by atoms with E-state index < -0.39 is 11.6 Å². The van der Waals surface area contributed by atoms with Gasteiger partial charge < -0.3 is 14.9 Å². The van der Waals surface area contributed by atoms with Gasteiger partial charge >= 0.3 is 0 Å². The number of rotatable bonds is 7. The monoisotopic (exact) mass is 429 g/mol. The van der Waals surface area contributed by atoms with Gasteiger partial charge in [0.1, 0.15) is 11.9 Å². The highest BCUT2D eigenvalue weighted by Gasteiger charge is 2.30. The molecule has 0 atom stereocenters. The molecule has 0 radical (unpaired) electrons. The van der Waals surface area contributed by atoms with Gasteiger partial charge in [0.15, 0.2) is 5.79 Å². The summed E-state index contributed by atoms with van der Waals surface area (Å²) >= 11 is 1.44. The van der Waals surface area contributed by atoms with E-state index >= 15 is 0 Å². The van der Waals surface area contributed by atoms with Crippen LogP contribution in [0.1, 0.15) is 47.7 Å². The summed E-state index contributed by atoms with van der Waals surface area (Å²) in [7, 11) is 0. The number of thiazole rings is 1. The van der Waals surface area contributed by atoms with Crippen molar-refractivity contribution in [1.82, 2.24) is 14.8 Å². The molecule has 6 nitrogen and oxygen atoms in total. The third kappa shape index (κ3) is 4.03. The maximum atomic E-state index is 13.9. The van der Waals surface area contributed by atoms with Crippen molar-refractivity contribution in [1.29, 1.82) is 0 Å². The zero-order valence-electron chi connectivity index (χ0n) is 17.1. The lowest BCUT2D eigenvalue weighted by atomic mass is 9.95. The van der Waals surface area contributed by atoms with Crippen LogP contribution in [0.4, 0.5) is 4.39 Å². The van der Waals surface area contributed by atoms with Crippen molar-refractivity contribution in [2.45, 2.75) is 52.0 Å². The third-order valence-electron chi connectivity index (χ3n) is 4.93. The first-order valence-corrected chi connectivity index (χ1v) is 10.6. The van der Waals surface area contributed by atoms with Crippen molar-refractivity contribution in [3.8, 4) is 17.1 Å². The lowest BCUT2D eigenvalue weighted by Gasteiger charge is -2.20. The van der Waals surface area contributed by atoms with Crippen molar-refractivity contribution < 1.29 is 19.3 Å². The smallest absolute Gasteiger partial charge is 0.241 e. The van der Waals surface area contributed by atoms with Crippen LogP contribution in [0.25, 0.3) is 16.8 Å². The van der Waals surface area contributed by atoms with E-state index in [1.54, 1.807) is 4.68 Å². The fourth-order valence-electron chi connectivity index (χ4n) is 3.25. The van der Waals surface area contributed by atoms with Gasteiger partial charge in [0, 0.05) is 29.4 Å². The van der Waals surface area contributed by atoms with Crippen LogP contribution in [0.2, 0.25) is 0 Å². The Morgan fingerprint density at radius 3 is 2.77 bits per heavy atom. The molecular formula is C22H24FN3O3S. The minimum Gasteiger partial charge on any atom is -0.473 e. The van der Waals surface area contributed by atoms with E-state index in [-0.39, 0.29) is 11.7 Å². The molecule has 4 rings (SSSR count). The van der Waals surface area contributed by atoms with Crippen LogP contribution in [0.3, 0.4) is 0 Å². The number of hydrogen-bond donors (Lipinski definition) is 2. The predicted octanol–water partition coefficient (Wildman–Crippen LogP) is 4.23. The highest BCUT2D eigenvalue weighted by Crippen LogP contribution is 2.42. The Balaban J connectivity index is 1.82. The Labute approximate surface area is 178 Å². The van der Waals surface area contributed by atoms with Crippen LogP contribution in [-0.4, -0.2) is 31.1 Å². The molecule has 0 aliphatic heterocycles. The fraction of sp³-hybridized carbons (Fsp3) is 0.364. The first-order chi connectivity index (χ1) is 14.2. The first-order valence-electron chi connectivity index (χ1n) is 9.83. The number of ether oxygens (including phenoxy) is 1. The molecule has 2 aromatic heterocycles. The van der Waals surface area contributed by atoms with Gasteiger partial charge in [-0.3, -0.25) is 4.68 Å². The highest BCUT2D eigenvalue weighted by molar-refractivity contribution is 7.13. The number of aryl methyl sites for hydroxylation is 2. The van der Waals surface area contributed by atoms with Crippen LogP contribution < -0.4 is 4.74 Å². The maximum absolute atomic E-state index is 13.9. The molecular weight excluding hydrogens is 405 g/mol. The van der Waals surface area contributed by atoms with E-state index in [1.165, 1.54) is 30.4 Å². The molecule has 158 valence electrons. The second-order valence-electron chi connectivity index (χ2n) is 7.62. The number of hydrogen-bond acceptors (Lipinski definition) is 6. The van der Waals surface area contributed by atoms with E-state index in [0.29, 0.717) is 29.3 Å². The third-order valence-corrected chi connectivity index (χ3v) is 5.97. The van der Waals surface area contributed by atoms with Gasteiger partial charge in [-0.1, -0.05) is 6.58 Å².